The molecule has 3 rings (SSSR count). The molecule has 2 heterocycles. The SMILES string of the molecule is CC(C)C(=O)N1CCc2cc(NC(=O)CCc3ccco3)ccc21. The van der Waals surface area contributed by atoms with Crippen molar-refractivity contribution in [2.75, 3.05) is 16.8 Å². The van der Waals surface area contributed by atoms with Crippen molar-refractivity contribution >= 4 is 23.2 Å². The predicted molar refractivity (Wildman–Crippen MR) is 93.0 cm³/mol. The molecular formula is C19H22N2O3. The number of furan rings is 1. The smallest absolute Gasteiger partial charge is 0.229 e. The quantitative estimate of drug-likeness (QED) is 0.916. The third-order valence-electron chi connectivity index (χ3n) is 4.20. The van der Waals surface area contributed by atoms with Crippen LogP contribution in [0.1, 0.15) is 31.6 Å². The van der Waals surface area contributed by atoms with E-state index in [2.05, 4.69) is 5.32 Å². The van der Waals surface area contributed by atoms with Crippen LogP contribution in [0.3, 0.4) is 0 Å². The highest BCUT2D eigenvalue weighted by atomic mass is 16.3. The summed E-state index contributed by atoms with van der Waals surface area (Å²) in [6, 6.07) is 9.43. The second-order valence-electron chi connectivity index (χ2n) is 6.37. The molecule has 0 radical (unpaired) electrons. The van der Waals surface area contributed by atoms with Crippen LogP contribution in [0.4, 0.5) is 11.4 Å². The lowest BCUT2D eigenvalue weighted by atomic mass is 10.1. The normalized spacial score (nSPS) is 13.2. The molecule has 24 heavy (non-hydrogen) atoms. The van der Waals surface area contributed by atoms with Crippen molar-refractivity contribution in [2.45, 2.75) is 33.1 Å². The van der Waals surface area contributed by atoms with E-state index < -0.39 is 0 Å². The Morgan fingerprint density at radius 3 is 2.83 bits per heavy atom. The van der Waals surface area contributed by atoms with Crippen molar-refractivity contribution in [3.8, 4) is 0 Å². The number of fused-ring (bicyclic) bond motifs is 1. The molecule has 2 amide bonds. The number of amides is 2. The van der Waals surface area contributed by atoms with Gasteiger partial charge in [0, 0.05) is 36.7 Å². The summed E-state index contributed by atoms with van der Waals surface area (Å²) in [5.74, 6) is 0.891. The molecule has 0 atom stereocenters. The Kier molecular flexibility index (Phi) is 4.69. The lowest BCUT2D eigenvalue weighted by Gasteiger charge is -2.19. The molecule has 0 aliphatic carbocycles. The minimum Gasteiger partial charge on any atom is -0.469 e. The molecule has 1 N–H and O–H groups in total. The van der Waals surface area contributed by atoms with Crippen molar-refractivity contribution in [1.29, 1.82) is 0 Å². The Morgan fingerprint density at radius 1 is 1.29 bits per heavy atom. The summed E-state index contributed by atoms with van der Waals surface area (Å²) in [4.78, 5) is 26.1. The Bertz CT molecular complexity index is 735. The van der Waals surface area contributed by atoms with Gasteiger partial charge in [-0.2, -0.15) is 0 Å². The molecule has 0 unspecified atom stereocenters. The Morgan fingerprint density at radius 2 is 2.12 bits per heavy atom. The summed E-state index contributed by atoms with van der Waals surface area (Å²) in [5.41, 5.74) is 2.84. The number of hydrogen-bond acceptors (Lipinski definition) is 3. The van der Waals surface area contributed by atoms with Gasteiger partial charge in [-0.25, -0.2) is 0 Å². The van der Waals surface area contributed by atoms with Crippen LogP contribution in [0, 0.1) is 5.92 Å². The van der Waals surface area contributed by atoms with Gasteiger partial charge in [0.2, 0.25) is 11.8 Å². The van der Waals surface area contributed by atoms with Gasteiger partial charge < -0.3 is 14.6 Å². The zero-order valence-corrected chi connectivity index (χ0v) is 14.0. The van der Waals surface area contributed by atoms with E-state index >= 15 is 0 Å². The molecule has 0 fully saturated rings. The van der Waals surface area contributed by atoms with Gasteiger partial charge in [0.25, 0.3) is 0 Å². The first-order chi connectivity index (χ1) is 11.5. The van der Waals surface area contributed by atoms with Gasteiger partial charge in [-0.15, -0.1) is 0 Å². The van der Waals surface area contributed by atoms with E-state index in [4.69, 9.17) is 4.42 Å². The summed E-state index contributed by atoms with van der Waals surface area (Å²) in [6.07, 6.45) is 3.39. The Balaban J connectivity index is 1.62. The topological polar surface area (TPSA) is 62.6 Å². The maximum atomic E-state index is 12.2. The molecule has 126 valence electrons. The molecule has 0 saturated heterocycles. The number of nitrogens with zero attached hydrogens (tertiary/aromatic N) is 1. The number of hydrogen-bond donors (Lipinski definition) is 1. The Hall–Kier alpha value is -2.56. The second kappa shape index (κ2) is 6.91. The van der Waals surface area contributed by atoms with Gasteiger partial charge in [-0.05, 0) is 42.3 Å². The van der Waals surface area contributed by atoms with Crippen LogP contribution >= 0.6 is 0 Å². The van der Waals surface area contributed by atoms with Crippen molar-refractivity contribution < 1.29 is 14.0 Å². The molecule has 0 bridgehead atoms. The molecule has 0 saturated carbocycles. The Labute approximate surface area is 141 Å². The van der Waals surface area contributed by atoms with Gasteiger partial charge in [0.15, 0.2) is 0 Å². The standard InChI is InChI=1S/C19H22N2O3/c1-13(2)19(23)21-10-9-14-12-15(5-7-17(14)21)20-18(22)8-6-16-4-3-11-24-16/h3-5,7,11-13H,6,8-10H2,1-2H3,(H,20,22). The third kappa shape index (κ3) is 3.50. The number of anilines is 2. The third-order valence-corrected chi connectivity index (χ3v) is 4.20. The van der Waals surface area contributed by atoms with Gasteiger partial charge in [0.1, 0.15) is 5.76 Å². The first-order valence-electron chi connectivity index (χ1n) is 8.31. The van der Waals surface area contributed by atoms with Crippen LogP contribution in [-0.4, -0.2) is 18.4 Å². The minimum absolute atomic E-state index is 0.0167. The van der Waals surface area contributed by atoms with Gasteiger partial charge >= 0.3 is 0 Å². The van der Waals surface area contributed by atoms with E-state index in [1.54, 1.807) is 6.26 Å². The van der Waals surface area contributed by atoms with Gasteiger partial charge in [-0.3, -0.25) is 9.59 Å². The average molecular weight is 326 g/mol. The van der Waals surface area contributed by atoms with E-state index in [0.29, 0.717) is 19.4 Å². The largest absolute Gasteiger partial charge is 0.469 e. The first-order valence-corrected chi connectivity index (χ1v) is 8.31. The van der Waals surface area contributed by atoms with Crippen LogP contribution in [0.5, 0.6) is 0 Å². The van der Waals surface area contributed by atoms with Crippen molar-refractivity contribution in [3.05, 3.63) is 47.9 Å². The van der Waals surface area contributed by atoms with E-state index in [9.17, 15) is 9.59 Å². The summed E-state index contributed by atoms with van der Waals surface area (Å²) in [5, 5.41) is 2.92. The average Bonchev–Trinajstić information content (AvgIpc) is 3.21. The summed E-state index contributed by atoms with van der Waals surface area (Å²) in [6.45, 7) is 4.53. The highest BCUT2D eigenvalue weighted by Crippen LogP contribution is 2.31. The van der Waals surface area contributed by atoms with E-state index in [1.807, 2.05) is 49.1 Å². The van der Waals surface area contributed by atoms with Gasteiger partial charge in [0.05, 0.1) is 6.26 Å². The van der Waals surface area contributed by atoms with E-state index in [0.717, 1.165) is 29.1 Å². The van der Waals surface area contributed by atoms with Crippen LogP contribution in [0.2, 0.25) is 0 Å². The van der Waals surface area contributed by atoms with Gasteiger partial charge in [-0.1, -0.05) is 13.8 Å². The molecule has 1 aromatic heterocycles. The predicted octanol–water partition coefficient (Wildman–Crippen LogP) is 3.40. The van der Waals surface area contributed by atoms with Crippen LogP contribution in [-0.2, 0) is 22.4 Å². The van der Waals surface area contributed by atoms with Crippen LogP contribution in [0.15, 0.2) is 41.0 Å². The molecule has 5 nitrogen and oxygen atoms in total. The van der Waals surface area contributed by atoms with Crippen molar-refractivity contribution in [3.63, 3.8) is 0 Å². The molecule has 1 aliphatic heterocycles. The number of nitrogens with one attached hydrogen (secondary N) is 1. The maximum absolute atomic E-state index is 12.2. The fourth-order valence-corrected chi connectivity index (χ4v) is 2.94. The first kappa shape index (κ1) is 16.3. The number of aryl methyl sites for hydroxylation is 1. The highest BCUT2D eigenvalue weighted by molar-refractivity contribution is 5.97. The lowest BCUT2D eigenvalue weighted by molar-refractivity contribution is -0.121. The van der Waals surface area contributed by atoms with Crippen LogP contribution < -0.4 is 10.2 Å². The van der Waals surface area contributed by atoms with Crippen molar-refractivity contribution in [2.24, 2.45) is 5.92 Å². The molecular weight excluding hydrogens is 304 g/mol. The number of rotatable bonds is 5. The summed E-state index contributed by atoms with van der Waals surface area (Å²) >= 11 is 0. The van der Waals surface area contributed by atoms with E-state index in [-0.39, 0.29) is 17.7 Å². The zero-order chi connectivity index (χ0) is 17.1. The molecule has 5 heteroatoms. The number of carbonyl (C=O) groups is 2. The fraction of sp³-hybridized carbons (Fsp3) is 0.368. The molecule has 1 aromatic carbocycles. The summed E-state index contributed by atoms with van der Waals surface area (Å²) < 4.78 is 5.23. The molecule has 1 aliphatic rings. The number of benzene rings is 1. The molecule has 2 aromatic rings. The van der Waals surface area contributed by atoms with Crippen LogP contribution in [0.25, 0.3) is 0 Å². The van der Waals surface area contributed by atoms with E-state index in [1.165, 1.54) is 0 Å². The fourth-order valence-electron chi connectivity index (χ4n) is 2.94. The zero-order valence-electron chi connectivity index (χ0n) is 14.0. The second-order valence-corrected chi connectivity index (χ2v) is 6.37. The summed E-state index contributed by atoms with van der Waals surface area (Å²) in [7, 11) is 0. The lowest BCUT2D eigenvalue weighted by Crippen LogP contribution is -2.32. The highest BCUT2D eigenvalue weighted by Gasteiger charge is 2.26. The maximum Gasteiger partial charge on any atom is 0.229 e. The monoisotopic (exact) mass is 326 g/mol. The number of carbonyl (C=O) groups excluding carboxylic acids is 2. The minimum atomic E-state index is -0.0422. The molecule has 0 spiro atoms. The van der Waals surface area contributed by atoms with Crippen molar-refractivity contribution in [1.82, 2.24) is 0 Å².